The number of aromatic nitrogens is 2. The van der Waals surface area contributed by atoms with Crippen molar-refractivity contribution in [2.75, 3.05) is 32.1 Å². The Bertz CT molecular complexity index is 1380. The number of carbonyl (C=O) groups excluding carboxylic acids is 2. The molecular weight excluding hydrogens is 507 g/mol. The summed E-state index contributed by atoms with van der Waals surface area (Å²) in [5.74, 6) is -0.0173. The van der Waals surface area contributed by atoms with Gasteiger partial charge in [0.05, 0.1) is 23.8 Å². The number of hydrogen-bond acceptors (Lipinski definition) is 6. The minimum Gasteiger partial charge on any atom is -0.497 e. The van der Waals surface area contributed by atoms with Crippen LogP contribution in [0.2, 0.25) is 0 Å². The average molecular weight is 535 g/mol. The molecule has 38 heavy (non-hydrogen) atoms. The molecule has 1 aliphatic heterocycles. The first-order valence-electron chi connectivity index (χ1n) is 12.2. The summed E-state index contributed by atoms with van der Waals surface area (Å²) in [5.41, 5.74) is 2.05. The Morgan fingerprint density at radius 3 is 2.63 bits per heavy atom. The summed E-state index contributed by atoms with van der Waals surface area (Å²) in [6, 6.07) is 16.8. The number of rotatable bonds is 9. The lowest BCUT2D eigenvalue weighted by molar-refractivity contribution is -0.117. The molecule has 10 heteroatoms. The molecule has 1 saturated heterocycles. The highest BCUT2D eigenvalue weighted by molar-refractivity contribution is 7.12. The van der Waals surface area contributed by atoms with Crippen LogP contribution in [0, 0.1) is 5.82 Å². The van der Waals surface area contributed by atoms with Gasteiger partial charge in [-0.15, -0.1) is 11.3 Å². The third-order valence-corrected chi connectivity index (χ3v) is 7.11. The molecule has 1 aliphatic rings. The Morgan fingerprint density at radius 2 is 1.97 bits per heavy atom. The third kappa shape index (κ3) is 5.92. The second-order valence-corrected chi connectivity index (χ2v) is 9.82. The predicted octanol–water partition coefficient (Wildman–Crippen LogP) is 5.01. The van der Waals surface area contributed by atoms with Crippen molar-refractivity contribution in [3.63, 3.8) is 0 Å². The fourth-order valence-corrected chi connectivity index (χ4v) is 5.01. The van der Waals surface area contributed by atoms with E-state index in [9.17, 15) is 14.0 Å². The molecule has 4 aromatic rings. The molecule has 1 fully saturated rings. The Morgan fingerprint density at radius 1 is 1.18 bits per heavy atom. The van der Waals surface area contributed by atoms with Crippen molar-refractivity contribution in [3.8, 4) is 22.7 Å². The summed E-state index contributed by atoms with van der Waals surface area (Å²) in [6.07, 6.45) is 3.44. The van der Waals surface area contributed by atoms with Gasteiger partial charge in [0, 0.05) is 30.6 Å². The molecule has 5 rings (SSSR count). The fourth-order valence-electron chi connectivity index (χ4n) is 4.31. The van der Waals surface area contributed by atoms with E-state index in [4.69, 9.17) is 9.47 Å². The Labute approximate surface area is 223 Å². The predicted molar refractivity (Wildman–Crippen MR) is 143 cm³/mol. The van der Waals surface area contributed by atoms with Gasteiger partial charge < -0.3 is 14.4 Å². The Kier molecular flexibility index (Phi) is 7.81. The van der Waals surface area contributed by atoms with Crippen LogP contribution in [-0.4, -0.2) is 59.2 Å². The summed E-state index contributed by atoms with van der Waals surface area (Å²) >= 11 is 1.33. The number of benzene rings is 2. The number of nitrogens with one attached hydrogen (secondary N) is 1. The topological polar surface area (TPSA) is 85.7 Å². The Balaban J connectivity index is 1.40. The van der Waals surface area contributed by atoms with Crippen LogP contribution in [-0.2, 0) is 9.53 Å². The van der Waals surface area contributed by atoms with Crippen molar-refractivity contribution in [2.45, 2.75) is 18.9 Å². The molecule has 2 amide bonds. The number of nitrogens with zero attached hydrogens (tertiary/aromatic N) is 3. The highest BCUT2D eigenvalue weighted by Gasteiger charge is 2.26. The number of amides is 2. The standard InChI is InChI=1S/C28H27FN4O4S/c1-36-22-12-6-19(7-13-22)24-17-33(21-10-8-20(29)9-11-21)28(30-24)31-26(34)18-32(16-23-4-2-14-37-23)27(35)25-5-3-15-38-25/h3,5-13,15,17,23H,2,4,14,16,18H2,1H3,(H,30,31,34)/t23-/m1/s1. The molecule has 0 bridgehead atoms. The van der Waals surface area contributed by atoms with E-state index >= 15 is 0 Å². The van der Waals surface area contributed by atoms with Crippen LogP contribution >= 0.6 is 11.3 Å². The molecule has 0 aliphatic carbocycles. The van der Waals surface area contributed by atoms with Gasteiger partial charge in [-0.1, -0.05) is 6.07 Å². The van der Waals surface area contributed by atoms with E-state index < -0.39 is 5.91 Å². The fraction of sp³-hybridized carbons (Fsp3) is 0.250. The van der Waals surface area contributed by atoms with E-state index in [2.05, 4.69) is 10.3 Å². The maximum absolute atomic E-state index is 13.6. The molecule has 0 unspecified atom stereocenters. The largest absolute Gasteiger partial charge is 0.497 e. The molecule has 0 saturated carbocycles. The summed E-state index contributed by atoms with van der Waals surface area (Å²) in [6.45, 7) is 0.819. The number of carbonyl (C=O) groups is 2. The number of imidazole rings is 1. The smallest absolute Gasteiger partial charge is 0.264 e. The number of hydrogen-bond donors (Lipinski definition) is 1. The number of thiophene rings is 1. The molecule has 1 atom stereocenters. The van der Waals surface area contributed by atoms with E-state index in [1.54, 1.807) is 36.1 Å². The van der Waals surface area contributed by atoms with Gasteiger partial charge in [0.1, 0.15) is 18.1 Å². The van der Waals surface area contributed by atoms with E-state index in [1.165, 1.54) is 28.4 Å². The third-order valence-electron chi connectivity index (χ3n) is 6.25. The highest BCUT2D eigenvalue weighted by atomic mass is 32.1. The van der Waals surface area contributed by atoms with E-state index in [1.807, 2.05) is 35.7 Å². The van der Waals surface area contributed by atoms with Crippen LogP contribution in [0.4, 0.5) is 10.3 Å². The van der Waals surface area contributed by atoms with Gasteiger partial charge in [-0.25, -0.2) is 9.37 Å². The first-order valence-corrected chi connectivity index (χ1v) is 13.1. The minimum atomic E-state index is -0.400. The quantitative estimate of drug-likeness (QED) is 0.326. The lowest BCUT2D eigenvalue weighted by atomic mass is 10.1. The van der Waals surface area contributed by atoms with E-state index in [0.717, 1.165) is 18.4 Å². The lowest BCUT2D eigenvalue weighted by Crippen LogP contribution is -2.42. The second kappa shape index (κ2) is 11.6. The molecule has 196 valence electrons. The van der Waals surface area contributed by atoms with Crippen LogP contribution in [0.1, 0.15) is 22.5 Å². The minimum absolute atomic E-state index is 0.102. The molecule has 3 heterocycles. The van der Waals surface area contributed by atoms with Crippen molar-refractivity contribution in [1.29, 1.82) is 0 Å². The van der Waals surface area contributed by atoms with Crippen LogP contribution in [0.25, 0.3) is 16.9 Å². The molecule has 0 spiro atoms. The van der Waals surface area contributed by atoms with Gasteiger partial charge >= 0.3 is 0 Å². The van der Waals surface area contributed by atoms with Gasteiger partial charge in [-0.2, -0.15) is 0 Å². The van der Waals surface area contributed by atoms with E-state index in [-0.39, 0.29) is 30.3 Å². The zero-order chi connectivity index (χ0) is 26.5. The molecule has 2 aromatic heterocycles. The highest BCUT2D eigenvalue weighted by Crippen LogP contribution is 2.26. The van der Waals surface area contributed by atoms with Crippen LogP contribution < -0.4 is 10.1 Å². The van der Waals surface area contributed by atoms with Gasteiger partial charge in [-0.3, -0.25) is 19.5 Å². The van der Waals surface area contributed by atoms with Crippen molar-refractivity contribution in [2.24, 2.45) is 0 Å². The van der Waals surface area contributed by atoms with Gasteiger partial charge in [0.25, 0.3) is 5.91 Å². The number of anilines is 1. The first kappa shape index (κ1) is 25.6. The maximum atomic E-state index is 13.6. The number of halogens is 1. The summed E-state index contributed by atoms with van der Waals surface area (Å²) in [7, 11) is 1.59. The van der Waals surface area contributed by atoms with Crippen LogP contribution in [0.5, 0.6) is 5.75 Å². The summed E-state index contributed by atoms with van der Waals surface area (Å²) < 4.78 is 26.3. The van der Waals surface area contributed by atoms with E-state index in [0.29, 0.717) is 35.2 Å². The Hall–Kier alpha value is -4.02. The molecule has 8 nitrogen and oxygen atoms in total. The average Bonchev–Trinajstić information content (AvgIpc) is 3.71. The molecule has 1 N–H and O–H groups in total. The molecule has 0 radical (unpaired) electrons. The zero-order valence-electron chi connectivity index (χ0n) is 20.8. The monoisotopic (exact) mass is 534 g/mol. The van der Waals surface area contributed by atoms with Gasteiger partial charge in [-0.05, 0) is 72.8 Å². The second-order valence-electron chi connectivity index (χ2n) is 8.87. The van der Waals surface area contributed by atoms with Crippen LogP contribution in [0.3, 0.4) is 0 Å². The van der Waals surface area contributed by atoms with Crippen molar-refractivity contribution < 1.29 is 23.5 Å². The SMILES string of the molecule is COc1ccc(-c2cn(-c3ccc(F)cc3)c(NC(=O)CN(C[C@H]3CCCO3)C(=O)c3cccs3)n2)cc1. The number of methoxy groups -OCH3 is 1. The first-order chi connectivity index (χ1) is 18.5. The number of ether oxygens (including phenoxy) is 2. The van der Waals surface area contributed by atoms with Crippen molar-refractivity contribution in [1.82, 2.24) is 14.5 Å². The normalized spacial score (nSPS) is 14.8. The lowest BCUT2D eigenvalue weighted by Gasteiger charge is -2.24. The summed E-state index contributed by atoms with van der Waals surface area (Å²) in [5, 5.41) is 4.69. The maximum Gasteiger partial charge on any atom is 0.264 e. The van der Waals surface area contributed by atoms with Crippen molar-refractivity contribution in [3.05, 3.63) is 82.9 Å². The van der Waals surface area contributed by atoms with Gasteiger partial charge in [0.2, 0.25) is 11.9 Å². The van der Waals surface area contributed by atoms with Crippen molar-refractivity contribution >= 4 is 29.1 Å². The zero-order valence-corrected chi connectivity index (χ0v) is 21.6. The molecule has 2 aromatic carbocycles. The summed E-state index contributed by atoms with van der Waals surface area (Å²) in [4.78, 5) is 33.2. The van der Waals surface area contributed by atoms with Crippen LogP contribution in [0.15, 0.2) is 72.2 Å². The van der Waals surface area contributed by atoms with Gasteiger partial charge in [0.15, 0.2) is 0 Å². The molecular formula is C28H27FN4O4S.